The fourth-order valence-corrected chi connectivity index (χ4v) is 0.265. The minimum Gasteiger partial charge on any atom is -0.466 e. The highest BCUT2D eigenvalue weighted by atomic mass is 35.5. The third kappa shape index (κ3) is 5.03. The fraction of sp³-hybridized carbons (Fsp3) is 0.200. The zero-order chi connectivity index (χ0) is 7.28. The maximum Gasteiger partial charge on any atom is 0.330 e. The van der Waals surface area contributed by atoms with E-state index in [2.05, 4.69) is 4.74 Å². The first kappa shape index (κ1) is 8.17. The molecule has 0 amide bonds. The van der Waals surface area contributed by atoms with Crippen LogP contribution in [-0.2, 0) is 14.3 Å². The molecule has 0 aromatic rings. The van der Waals surface area contributed by atoms with Crippen LogP contribution in [0.2, 0.25) is 0 Å². The highest BCUT2D eigenvalue weighted by molar-refractivity contribution is 6.66. The Hall–Kier alpha value is -0.830. The molecule has 0 unspecified atom stereocenters. The van der Waals surface area contributed by atoms with Gasteiger partial charge in [-0.25, -0.2) is 4.79 Å². The van der Waals surface area contributed by atoms with Gasteiger partial charge in [0.1, 0.15) is 0 Å². The van der Waals surface area contributed by atoms with Crippen molar-refractivity contribution < 1.29 is 14.3 Å². The van der Waals surface area contributed by atoms with Crippen LogP contribution in [0.25, 0.3) is 0 Å². The first-order valence-corrected chi connectivity index (χ1v) is 2.50. The third-order valence-corrected chi connectivity index (χ3v) is 0.678. The summed E-state index contributed by atoms with van der Waals surface area (Å²) in [5.74, 6) is -0.594. The predicted octanol–water partition coefficient (Wildman–Crippen LogP) is 0.481. The van der Waals surface area contributed by atoms with Crippen molar-refractivity contribution in [2.75, 3.05) is 7.11 Å². The highest BCUT2D eigenvalue weighted by Crippen LogP contribution is 1.83. The lowest BCUT2D eigenvalue weighted by Crippen LogP contribution is -1.94. The molecule has 0 bridgehead atoms. The van der Waals surface area contributed by atoms with Crippen molar-refractivity contribution in [3.63, 3.8) is 0 Å². The zero-order valence-electron chi connectivity index (χ0n) is 4.76. The van der Waals surface area contributed by atoms with Crippen molar-refractivity contribution >= 4 is 22.8 Å². The van der Waals surface area contributed by atoms with E-state index in [-0.39, 0.29) is 0 Å². The molecule has 50 valence electrons. The van der Waals surface area contributed by atoms with Crippen molar-refractivity contribution in [1.29, 1.82) is 0 Å². The monoisotopic (exact) mass is 148 g/mol. The second-order valence-electron chi connectivity index (χ2n) is 1.16. The molecule has 0 aromatic carbocycles. The SMILES string of the molecule is COC(=O)/C=C\C(=O)Cl. The molecule has 0 heterocycles. The molecule has 0 atom stereocenters. The van der Waals surface area contributed by atoms with Gasteiger partial charge in [-0.3, -0.25) is 4.79 Å². The Bertz CT molecular complexity index is 150. The molecule has 0 saturated heterocycles. The molecule has 3 nitrogen and oxygen atoms in total. The van der Waals surface area contributed by atoms with E-state index in [1.54, 1.807) is 0 Å². The lowest BCUT2D eigenvalue weighted by molar-refractivity contribution is -0.135. The van der Waals surface area contributed by atoms with E-state index >= 15 is 0 Å². The van der Waals surface area contributed by atoms with E-state index in [9.17, 15) is 9.59 Å². The molecule has 0 radical (unpaired) electrons. The fourth-order valence-electron chi connectivity index (χ4n) is 0.202. The molecule has 0 aliphatic carbocycles. The summed E-state index contributed by atoms with van der Waals surface area (Å²) in [5, 5.41) is -0.694. The lowest BCUT2D eigenvalue weighted by atomic mass is 10.5. The van der Waals surface area contributed by atoms with Crippen LogP contribution in [0.5, 0.6) is 0 Å². The van der Waals surface area contributed by atoms with Gasteiger partial charge in [-0.15, -0.1) is 0 Å². The van der Waals surface area contributed by atoms with Crippen LogP contribution < -0.4 is 0 Å². The van der Waals surface area contributed by atoms with Crippen LogP contribution >= 0.6 is 11.6 Å². The lowest BCUT2D eigenvalue weighted by Gasteiger charge is -1.85. The second-order valence-corrected chi connectivity index (χ2v) is 1.53. The summed E-state index contributed by atoms with van der Waals surface area (Å²) in [4.78, 5) is 20.1. The third-order valence-electron chi connectivity index (χ3n) is 0.552. The summed E-state index contributed by atoms with van der Waals surface area (Å²) < 4.78 is 4.16. The number of hydrogen-bond acceptors (Lipinski definition) is 3. The summed E-state index contributed by atoms with van der Waals surface area (Å²) in [6.45, 7) is 0. The molecule has 9 heavy (non-hydrogen) atoms. The van der Waals surface area contributed by atoms with E-state index < -0.39 is 11.2 Å². The van der Waals surface area contributed by atoms with Crippen LogP contribution in [-0.4, -0.2) is 18.3 Å². The van der Waals surface area contributed by atoms with E-state index in [0.717, 1.165) is 12.2 Å². The average Bonchev–Trinajstić information content (AvgIpc) is 1.83. The van der Waals surface area contributed by atoms with Crippen LogP contribution in [0, 0.1) is 0 Å². The highest BCUT2D eigenvalue weighted by Gasteiger charge is 1.91. The van der Waals surface area contributed by atoms with Crippen molar-refractivity contribution in [2.45, 2.75) is 0 Å². The summed E-state index contributed by atoms with van der Waals surface area (Å²) in [6, 6.07) is 0. The van der Waals surface area contributed by atoms with E-state index in [1.165, 1.54) is 7.11 Å². The Kier molecular flexibility index (Phi) is 3.71. The predicted molar refractivity (Wildman–Crippen MR) is 32.0 cm³/mol. The van der Waals surface area contributed by atoms with E-state index in [1.807, 2.05) is 0 Å². The van der Waals surface area contributed by atoms with Gasteiger partial charge in [-0.1, -0.05) is 0 Å². The number of halogens is 1. The Morgan fingerprint density at radius 2 is 2.00 bits per heavy atom. The number of esters is 1. The maximum atomic E-state index is 10.2. The molecule has 0 saturated carbocycles. The summed E-state index contributed by atoms with van der Waals surface area (Å²) in [7, 11) is 1.21. The number of carbonyl (C=O) groups excluding carboxylic acids is 2. The van der Waals surface area contributed by atoms with Crippen molar-refractivity contribution in [3.05, 3.63) is 12.2 Å². The minimum atomic E-state index is -0.694. The van der Waals surface area contributed by atoms with Gasteiger partial charge in [-0.2, -0.15) is 0 Å². The normalized spacial score (nSPS) is 9.56. The van der Waals surface area contributed by atoms with Gasteiger partial charge in [0, 0.05) is 12.2 Å². The molecule has 0 aliphatic heterocycles. The van der Waals surface area contributed by atoms with Crippen molar-refractivity contribution in [2.24, 2.45) is 0 Å². The number of hydrogen-bond donors (Lipinski definition) is 0. The smallest absolute Gasteiger partial charge is 0.330 e. The molecule has 0 fully saturated rings. The van der Waals surface area contributed by atoms with Gasteiger partial charge in [0.15, 0.2) is 0 Å². The molecule has 4 heteroatoms. The van der Waals surface area contributed by atoms with Crippen LogP contribution in [0.1, 0.15) is 0 Å². The van der Waals surface area contributed by atoms with Gasteiger partial charge < -0.3 is 4.74 Å². The average molecular weight is 149 g/mol. The zero-order valence-corrected chi connectivity index (χ0v) is 5.51. The van der Waals surface area contributed by atoms with Gasteiger partial charge in [-0.05, 0) is 11.6 Å². The van der Waals surface area contributed by atoms with Gasteiger partial charge in [0.2, 0.25) is 5.24 Å². The molecule has 0 N–H and O–H groups in total. The summed E-state index contributed by atoms with van der Waals surface area (Å²) in [6.07, 6.45) is 1.88. The number of ether oxygens (including phenoxy) is 1. The topological polar surface area (TPSA) is 43.4 Å². The number of rotatable bonds is 2. The molecular weight excluding hydrogens is 144 g/mol. The van der Waals surface area contributed by atoms with E-state index in [4.69, 9.17) is 11.6 Å². The largest absolute Gasteiger partial charge is 0.466 e. The standard InChI is InChI=1S/C5H5ClO3/c1-9-5(8)3-2-4(6)7/h2-3H,1H3/b3-2-. The number of carbonyl (C=O) groups is 2. The molecular formula is C5H5ClO3. The Morgan fingerprint density at radius 1 is 1.44 bits per heavy atom. The quantitative estimate of drug-likeness (QED) is 0.325. The summed E-state index contributed by atoms with van der Waals surface area (Å²) in [5.41, 5.74) is 0. The Morgan fingerprint density at radius 3 is 2.33 bits per heavy atom. The number of methoxy groups -OCH3 is 1. The Labute approximate surface area is 57.2 Å². The number of allylic oxidation sites excluding steroid dienone is 1. The van der Waals surface area contributed by atoms with Crippen LogP contribution in [0.3, 0.4) is 0 Å². The first-order valence-electron chi connectivity index (χ1n) is 2.12. The molecule has 0 aromatic heterocycles. The van der Waals surface area contributed by atoms with Crippen molar-refractivity contribution in [1.82, 2.24) is 0 Å². The Balaban J connectivity index is 3.71. The van der Waals surface area contributed by atoms with Gasteiger partial charge in [0.05, 0.1) is 7.11 Å². The van der Waals surface area contributed by atoms with Gasteiger partial charge in [0.25, 0.3) is 0 Å². The van der Waals surface area contributed by atoms with Crippen LogP contribution in [0.15, 0.2) is 12.2 Å². The maximum absolute atomic E-state index is 10.2. The van der Waals surface area contributed by atoms with Crippen LogP contribution in [0.4, 0.5) is 0 Å². The first-order chi connectivity index (χ1) is 4.16. The van der Waals surface area contributed by atoms with E-state index in [0.29, 0.717) is 0 Å². The second kappa shape index (κ2) is 4.09. The molecule has 0 rings (SSSR count). The van der Waals surface area contributed by atoms with Crippen molar-refractivity contribution in [3.8, 4) is 0 Å². The van der Waals surface area contributed by atoms with Gasteiger partial charge >= 0.3 is 5.97 Å². The summed E-state index contributed by atoms with van der Waals surface area (Å²) >= 11 is 4.85. The minimum absolute atomic E-state index is 0.594. The molecule has 0 spiro atoms. The molecule has 0 aliphatic rings.